The van der Waals surface area contributed by atoms with Crippen molar-refractivity contribution >= 4 is 38.9 Å². The molecule has 0 atom stereocenters. The molecular formula is C9H6BrNS. The molecule has 1 aromatic carbocycles. The Hall–Kier alpha value is -0.670. The second kappa shape index (κ2) is 2.99. The van der Waals surface area contributed by atoms with Crippen LogP contribution in [-0.4, -0.2) is 4.98 Å². The van der Waals surface area contributed by atoms with Crippen LogP contribution in [0.4, 0.5) is 0 Å². The molecule has 1 nitrogen and oxygen atoms in total. The minimum atomic E-state index is 0.792. The lowest BCUT2D eigenvalue weighted by Gasteiger charge is -1.97. The van der Waals surface area contributed by atoms with Crippen LogP contribution in [0.3, 0.4) is 0 Å². The van der Waals surface area contributed by atoms with Crippen molar-refractivity contribution < 1.29 is 0 Å². The highest BCUT2D eigenvalue weighted by Gasteiger charge is 1.94. The highest BCUT2D eigenvalue weighted by atomic mass is 79.9. The van der Waals surface area contributed by atoms with E-state index in [9.17, 15) is 0 Å². The third-order valence-electron chi connectivity index (χ3n) is 1.74. The second-order valence-corrected chi connectivity index (χ2v) is 3.86. The molecule has 2 rings (SSSR count). The number of pyridine rings is 1. The van der Waals surface area contributed by atoms with Gasteiger partial charge < -0.3 is 4.98 Å². The SMILES string of the molecule is S=c1[nH]ccc2cc(Br)ccc12. The summed E-state index contributed by atoms with van der Waals surface area (Å²) in [6, 6.07) is 8.07. The number of aromatic amines is 1. The molecule has 12 heavy (non-hydrogen) atoms. The van der Waals surface area contributed by atoms with Gasteiger partial charge in [-0.05, 0) is 23.6 Å². The summed E-state index contributed by atoms with van der Waals surface area (Å²) in [7, 11) is 0. The molecule has 1 aromatic heterocycles. The second-order valence-electron chi connectivity index (χ2n) is 2.54. The van der Waals surface area contributed by atoms with Crippen LogP contribution >= 0.6 is 28.1 Å². The summed E-state index contributed by atoms with van der Waals surface area (Å²) >= 11 is 8.54. The Balaban J connectivity index is 2.96. The number of benzene rings is 1. The summed E-state index contributed by atoms with van der Waals surface area (Å²) in [4.78, 5) is 2.99. The predicted molar refractivity (Wildman–Crippen MR) is 56.8 cm³/mol. The lowest BCUT2D eigenvalue weighted by molar-refractivity contribution is 1.33. The topological polar surface area (TPSA) is 15.8 Å². The van der Waals surface area contributed by atoms with Crippen LogP contribution in [0.15, 0.2) is 34.9 Å². The van der Waals surface area contributed by atoms with Gasteiger partial charge >= 0.3 is 0 Å². The van der Waals surface area contributed by atoms with Crippen LogP contribution in [0.5, 0.6) is 0 Å². The van der Waals surface area contributed by atoms with Gasteiger partial charge in [0, 0.05) is 16.1 Å². The van der Waals surface area contributed by atoms with Crippen LogP contribution in [-0.2, 0) is 0 Å². The zero-order valence-corrected chi connectivity index (χ0v) is 8.58. The molecule has 0 fully saturated rings. The highest BCUT2D eigenvalue weighted by Crippen LogP contribution is 2.19. The summed E-state index contributed by atoms with van der Waals surface area (Å²) < 4.78 is 1.87. The van der Waals surface area contributed by atoms with Gasteiger partial charge in [-0.25, -0.2) is 0 Å². The van der Waals surface area contributed by atoms with Gasteiger partial charge in [-0.3, -0.25) is 0 Å². The monoisotopic (exact) mass is 239 g/mol. The fourth-order valence-electron chi connectivity index (χ4n) is 1.16. The van der Waals surface area contributed by atoms with E-state index in [4.69, 9.17) is 12.2 Å². The molecule has 0 unspecified atom stereocenters. The molecule has 0 aliphatic carbocycles. The number of rotatable bonds is 0. The van der Waals surface area contributed by atoms with Crippen molar-refractivity contribution in [3.63, 3.8) is 0 Å². The van der Waals surface area contributed by atoms with E-state index >= 15 is 0 Å². The molecule has 1 N–H and O–H groups in total. The zero-order chi connectivity index (χ0) is 8.55. The maximum Gasteiger partial charge on any atom is 0.111 e. The van der Waals surface area contributed by atoms with Crippen molar-refractivity contribution in [2.24, 2.45) is 0 Å². The minimum absolute atomic E-state index is 0.792. The molecule has 0 saturated carbocycles. The number of hydrogen-bond donors (Lipinski definition) is 1. The largest absolute Gasteiger partial charge is 0.352 e. The first kappa shape index (κ1) is 7.95. The maximum atomic E-state index is 5.13. The van der Waals surface area contributed by atoms with Gasteiger partial charge in [0.25, 0.3) is 0 Å². The van der Waals surface area contributed by atoms with Crippen molar-refractivity contribution in [3.05, 3.63) is 39.6 Å². The fraction of sp³-hybridized carbons (Fsp3) is 0. The number of H-pyrrole nitrogens is 1. The quantitative estimate of drug-likeness (QED) is 0.695. The Morgan fingerprint density at radius 3 is 2.92 bits per heavy atom. The normalized spacial score (nSPS) is 10.4. The van der Waals surface area contributed by atoms with Crippen LogP contribution in [0, 0.1) is 4.64 Å². The van der Waals surface area contributed by atoms with Crippen molar-refractivity contribution in [3.8, 4) is 0 Å². The molecule has 0 radical (unpaired) electrons. The van der Waals surface area contributed by atoms with Gasteiger partial charge in [-0.1, -0.05) is 34.2 Å². The van der Waals surface area contributed by atoms with E-state index in [1.54, 1.807) is 0 Å². The third kappa shape index (κ3) is 1.30. The van der Waals surface area contributed by atoms with Gasteiger partial charge in [-0.15, -0.1) is 0 Å². The third-order valence-corrected chi connectivity index (χ3v) is 2.57. The molecule has 0 amide bonds. The first-order chi connectivity index (χ1) is 5.77. The summed E-state index contributed by atoms with van der Waals surface area (Å²) in [6.07, 6.45) is 1.86. The number of halogens is 1. The number of nitrogens with one attached hydrogen (secondary N) is 1. The molecular weight excluding hydrogens is 234 g/mol. The number of aromatic nitrogens is 1. The Labute approximate surface area is 83.6 Å². The smallest absolute Gasteiger partial charge is 0.111 e. The van der Waals surface area contributed by atoms with Crippen LogP contribution in [0.2, 0.25) is 0 Å². The van der Waals surface area contributed by atoms with Gasteiger partial charge in [0.15, 0.2) is 0 Å². The predicted octanol–water partition coefficient (Wildman–Crippen LogP) is 3.66. The number of hydrogen-bond acceptors (Lipinski definition) is 1. The molecule has 3 heteroatoms. The standard InChI is InChI=1S/C9H6BrNS/c10-7-1-2-8-6(5-7)3-4-11-9(8)12/h1-5H,(H,11,12). The zero-order valence-electron chi connectivity index (χ0n) is 6.17. The van der Waals surface area contributed by atoms with Crippen LogP contribution < -0.4 is 0 Å². The molecule has 0 aliphatic rings. The van der Waals surface area contributed by atoms with Crippen molar-refractivity contribution in [1.82, 2.24) is 4.98 Å². The average Bonchev–Trinajstić information content (AvgIpc) is 2.04. The molecule has 60 valence electrons. The Kier molecular flexibility index (Phi) is 1.98. The molecule has 0 saturated heterocycles. The van der Waals surface area contributed by atoms with E-state index in [1.807, 2.05) is 24.4 Å². The molecule has 0 bridgehead atoms. The molecule has 2 aromatic rings. The van der Waals surface area contributed by atoms with Crippen molar-refractivity contribution in [1.29, 1.82) is 0 Å². The Morgan fingerprint density at radius 2 is 2.08 bits per heavy atom. The Bertz CT molecular complexity index is 475. The lowest BCUT2D eigenvalue weighted by atomic mass is 10.2. The summed E-state index contributed by atoms with van der Waals surface area (Å²) in [5.41, 5.74) is 0. The van der Waals surface area contributed by atoms with Crippen LogP contribution in [0.1, 0.15) is 0 Å². The minimum Gasteiger partial charge on any atom is -0.352 e. The summed E-state index contributed by atoms with van der Waals surface area (Å²) in [6.45, 7) is 0. The lowest BCUT2D eigenvalue weighted by Crippen LogP contribution is -1.77. The first-order valence-electron chi connectivity index (χ1n) is 3.54. The highest BCUT2D eigenvalue weighted by molar-refractivity contribution is 9.10. The van der Waals surface area contributed by atoms with E-state index < -0.39 is 0 Å². The van der Waals surface area contributed by atoms with Crippen molar-refractivity contribution in [2.45, 2.75) is 0 Å². The van der Waals surface area contributed by atoms with Crippen LogP contribution in [0.25, 0.3) is 10.8 Å². The van der Waals surface area contributed by atoms with Gasteiger partial charge in [0.1, 0.15) is 4.64 Å². The van der Waals surface area contributed by atoms with E-state index in [0.29, 0.717) is 0 Å². The average molecular weight is 240 g/mol. The van der Waals surface area contributed by atoms with Gasteiger partial charge in [-0.2, -0.15) is 0 Å². The summed E-state index contributed by atoms with van der Waals surface area (Å²) in [5.74, 6) is 0. The molecule has 0 aliphatic heterocycles. The van der Waals surface area contributed by atoms with Gasteiger partial charge in [0.05, 0.1) is 0 Å². The fourth-order valence-corrected chi connectivity index (χ4v) is 1.80. The first-order valence-corrected chi connectivity index (χ1v) is 4.74. The number of fused-ring (bicyclic) bond motifs is 1. The summed E-state index contributed by atoms with van der Waals surface area (Å²) in [5, 5.41) is 2.25. The van der Waals surface area contributed by atoms with Gasteiger partial charge in [0.2, 0.25) is 0 Å². The maximum absolute atomic E-state index is 5.13. The Morgan fingerprint density at radius 1 is 1.25 bits per heavy atom. The molecule has 1 heterocycles. The van der Waals surface area contributed by atoms with E-state index in [-0.39, 0.29) is 0 Å². The van der Waals surface area contributed by atoms with E-state index in [2.05, 4.69) is 27.0 Å². The van der Waals surface area contributed by atoms with Crippen molar-refractivity contribution in [2.75, 3.05) is 0 Å². The molecule has 0 spiro atoms. The van der Waals surface area contributed by atoms with E-state index in [1.165, 1.54) is 0 Å². The van der Waals surface area contributed by atoms with E-state index in [0.717, 1.165) is 19.9 Å².